The molecule has 1 atom stereocenters. The van der Waals surface area contributed by atoms with E-state index in [0.29, 0.717) is 6.04 Å². The zero-order chi connectivity index (χ0) is 14.9. The number of nitrogens with one attached hydrogen (secondary N) is 1. The minimum atomic E-state index is 0.424. The molecular weight excluding hydrogens is 258 g/mol. The molecule has 0 bridgehead atoms. The molecule has 0 aromatic heterocycles. The fourth-order valence-corrected chi connectivity index (χ4v) is 2.46. The smallest absolute Gasteiger partial charge is 0.118 e. The first-order valence-electron chi connectivity index (χ1n) is 7.74. The predicted molar refractivity (Wildman–Crippen MR) is 88.5 cm³/mol. The van der Waals surface area contributed by atoms with Gasteiger partial charge in [-0.05, 0) is 29.7 Å². The molecule has 2 nitrogen and oxygen atoms in total. The van der Waals surface area contributed by atoms with E-state index in [1.54, 1.807) is 7.11 Å². The first-order chi connectivity index (χ1) is 10.3. The van der Waals surface area contributed by atoms with Crippen LogP contribution in [-0.2, 0) is 6.54 Å². The van der Waals surface area contributed by atoms with Crippen LogP contribution in [0.4, 0.5) is 0 Å². The summed E-state index contributed by atoms with van der Waals surface area (Å²) in [5.74, 6) is 0.907. The number of hydrogen-bond donors (Lipinski definition) is 1. The fourth-order valence-electron chi connectivity index (χ4n) is 2.46. The highest BCUT2D eigenvalue weighted by Crippen LogP contribution is 2.20. The molecule has 2 aromatic carbocycles. The number of ether oxygens (including phenoxy) is 1. The van der Waals surface area contributed by atoms with Crippen LogP contribution in [0.1, 0.15) is 43.4 Å². The minimum absolute atomic E-state index is 0.424. The Labute approximate surface area is 128 Å². The van der Waals surface area contributed by atoms with Gasteiger partial charge in [-0.25, -0.2) is 0 Å². The summed E-state index contributed by atoms with van der Waals surface area (Å²) < 4.78 is 5.20. The summed E-state index contributed by atoms with van der Waals surface area (Å²) in [5.41, 5.74) is 2.66. The van der Waals surface area contributed by atoms with Crippen LogP contribution in [0.2, 0.25) is 0 Å². The van der Waals surface area contributed by atoms with Crippen molar-refractivity contribution in [2.45, 2.75) is 38.8 Å². The van der Waals surface area contributed by atoms with Crippen LogP contribution < -0.4 is 10.1 Å². The van der Waals surface area contributed by atoms with Crippen molar-refractivity contribution < 1.29 is 4.74 Å². The van der Waals surface area contributed by atoms with Gasteiger partial charge in [0.2, 0.25) is 0 Å². The van der Waals surface area contributed by atoms with Gasteiger partial charge in [0.15, 0.2) is 0 Å². The predicted octanol–water partition coefficient (Wildman–Crippen LogP) is 4.72. The number of benzene rings is 2. The molecule has 2 aromatic rings. The van der Waals surface area contributed by atoms with Crippen molar-refractivity contribution in [3.8, 4) is 5.75 Å². The van der Waals surface area contributed by atoms with Crippen molar-refractivity contribution in [2.75, 3.05) is 7.11 Å². The second-order valence-corrected chi connectivity index (χ2v) is 5.33. The SMILES string of the molecule is CCCC[C@H](NCc1ccc(OC)cc1)c1ccccc1. The van der Waals surface area contributed by atoms with Gasteiger partial charge >= 0.3 is 0 Å². The summed E-state index contributed by atoms with van der Waals surface area (Å²) in [4.78, 5) is 0. The Morgan fingerprint density at radius 1 is 1.00 bits per heavy atom. The van der Waals surface area contributed by atoms with E-state index in [1.165, 1.54) is 30.4 Å². The van der Waals surface area contributed by atoms with Crippen LogP contribution in [0.3, 0.4) is 0 Å². The molecule has 0 unspecified atom stereocenters. The van der Waals surface area contributed by atoms with Crippen LogP contribution in [0.5, 0.6) is 5.75 Å². The van der Waals surface area contributed by atoms with Crippen LogP contribution in [0.15, 0.2) is 54.6 Å². The van der Waals surface area contributed by atoms with E-state index in [9.17, 15) is 0 Å². The number of hydrogen-bond acceptors (Lipinski definition) is 2. The molecule has 0 aliphatic carbocycles. The lowest BCUT2D eigenvalue weighted by Crippen LogP contribution is -2.20. The molecule has 0 aliphatic heterocycles. The van der Waals surface area contributed by atoms with Crippen molar-refractivity contribution in [2.24, 2.45) is 0 Å². The topological polar surface area (TPSA) is 21.3 Å². The van der Waals surface area contributed by atoms with Gasteiger partial charge in [-0.15, -0.1) is 0 Å². The third kappa shape index (κ3) is 4.91. The highest BCUT2D eigenvalue weighted by molar-refractivity contribution is 5.27. The fraction of sp³-hybridized carbons (Fsp3) is 0.368. The second-order valence-electron chi connectivity index (χ2n) is 5.33. The molecule has 0 fully saturated rings. The molecule has 21 heavy (non-hydrogen) atoms. The number of methoxy groups -OCH3 is 1. The first kappa shape index (κ1) is 15.6. The Morgan fingerprint density at radius 3 is 2.33 bits per heavy atom. The highest BCUT2D eigenvalue weighted by Gasteiger charge is 2.09. The van der Waals surface area contributed by atoms with E-state index in [0.717, 1.165) is 12.3 Å². The quantitative estimate of drug-likeness (QED) is 0.757. The van der Waals surface area contributed by atoms with Gasteiger partial charge in [-0.1, -0.05) is 62.2 Å². The van der Waals surface area contributed by atoms with Crippen molar-refractivity contribution in [1.82, 2.24) is 5.32 Å². The van der Waals surface area contributed by atoms with E-state index < -0.39 is 0 Å². The third-order valence-electron chi connectivity index (χ3n) is 3.76. The van der Waals surface area contributed by atoms with Gasteiger partial charge in [-0.3, -0.25) is 0 Å². The molecule has 0 saturated carbocycles. The van der Waals surface area contributed by atoms with Gasteiger partial charge in [0.05, 0.1) is 7.11 Å². The monoisotopic (exact) mass is 283 g/mol. The van der Waals surface area contributed by atoms with Crippen molar-refractivity contribution in [1.29, 1.82) is 0 Å². The lowest BCUT2D eigenvalue weighted by Gasteiger charge is -2.19. The average Bonchev–Trinajstić information content (AvgIpc) is 2.56. The van der Waals surface area contributed by atoms with Crippen LogP contribution in [0, 0.1) is 0 Å². The van der Waals surface area contributed by atoms with Crippen LogP contribution in [-0.4, -0.2) is 7.11 Å². The lowest BCUT2D eigenvalue weighted by molar-refractivity contribution is 0.414. The summed E-state index contributed by atoms with van der Waals surface area (Å²) in [6.45, 7) is 3.12. The van der Waals surface area contributed by atoms with Crippen molar-refractivity contribution in [3.05, 3.63) is 65.7 Å². The minimum Gasteiger partial charge on any atom is -0.497 e. The molecule has 0 heterocycles. The Morgan fingerprint density at radius 2 is 1.71 bits per heavy atom. The van der Waals surface area contributed by atoms with E-state index in [1.807, 2.05) is 12.1 Å². The van der Waals surface area contributed by atoms with E-state index in [2.05, 4.69) is 54.7 Å². The van der Waals surface area contributed by atoms with Gasteiger partial charge in [0.25, 0.3) is 0 Å². The Bertz CT molecular complexity index is 507. The van der Waals surface area contributed by atoms with Gasteiger partial charge < -0.3 is 10.1 Å². The Hall–Kier alpha value is -1.80. The summed E-state index contributed by atoms with van der Waals surface area (Å²) in [7, 11) is 1.70. The summed E-state index contributed by atoms with van der Waals surface area (Å²) >= 11 is 0. The van der Waals surface area contributed by atoms with E-state index >= 15 is 0 Å². The molecule has 0 radical (unpaired) electrons. The van der Waals surface area contributed by atoms with Gasteiger partial charge in [0.1, 0.15) is 5.75 Å². The van der Waals surface area contributed by atoms with Crippen LogP contribution >= 0.6 is 0 Å². The maximum atomic E-state index is 5.20. The normalized spacial score (nSPS) is 12.1. The van der Waals surface area contributed by atoms with Gasteiger partial charge in [-0.2, -0.15) is 0 Å². The molecule has 2 rings (SSSR count). The van der Waals surface area contributed by atoms with Crippen molar-refractivity contribution in [3.63, 3.8) is 0 Å². The first-order valence-corrected chi connectivity index (χ1v) is 7.74. The van der Waals surface area contributed by atoms with E-state index in [-0.39, 0.29) is 0 Å². The second kappa shape index (κ2) is 8.48. The van der Waals surface area contributed by atoms with E-state index in [4.69, 9.17) is 4.74 Å². The van der Waals surface area contributed by atoms with Crippen molar-refractivity contribution >= 4 is 0 Å². The maximum Gasteiger partial charge on any atom is 0.118 e. The summed E-state index contributed by atoms with van der Waals surface area (Å²) in [6.07, 6.45) is 3.65. The van der Waals surface area contributed by atoms with Gasteiger partial charge in [0, 0.05) is 12.6 Å². The molecule has 1 N–H and O–H groups in total. The Kier molecular flexibility index (Phi) is 6.29. The molecule has 0 amide bonds. The summed E-state index contributed by atoms with van der Waals surface area (Å²) in [6, 6.07) is 19.4. The number of rotatable bonds is 8. The standard InChI is InChI=1S/C19H25NO/c1-3-4-10-19(17-8-6-5-7-9-17)20-15-16-11-13-18(21-2)14-12-16/h5-9,11-14,19-20H,3-4,10,15H2,1-2H3/t19-/m0/s1. The van der Waals surface area contributed by atoms with Crippen LogP contribution in [0.25, 0.3) is 0 Å². The lowest BCUT2D eigenvalue weighted by atomic mass is 10.0. The molecule has 112 valence electrons. The molecule has 0 aliphatic rings. The average molecular weight is 283 g/mol. The molecule has 0 spiro atoms. The zero-order valence-electron chi connectivity index (χ0n) is 13.0. The maximum absolute atomic E-state index is 5.20. The summed E-state index contributed by atoms with van der Waals surface area (Å²) in [5, 5.41) is 3.68. The number of unbranched alkanes of at least 4 members (excludes halogenated alkanes) is 1. The molecule has 0 saturated heterocycles. The highest BCUT2D eigenvalue weighted by atomic mass is 16.5. The largest absolute Gasteiger partial charge is 0.497 e. The Balaban J connectivity index is 1.97. The zero-order valence-corrected chi connectivity index (χ0v) is 13.0. The molecular formula is C19H25NO. The third-order valence-corrected chi connectivity index (χ3v) is 3.76. The molecule has 2 heteroatoms.